The lowest BCUT2D eigenvalue weighted by Gasteiger charge is -2.23. The Bertz CT molecular complexity index is 1280. The number of aromatic nitrogens is 1. The Morgan fingerprint density at radius 1 is 0.871 bits per heavy atom. The number of nitrogens with one attached hydrogen (secondary N) is 1. The number of carbonyl (C=O) groups is 2. The molecule has 154 valence electrons. The number of ketones is 1. The van der Waals surface area contributed by atoms with E-state index in [1.54, 1.807) is 6.92 Å². The SMILES string of the molecule is Cc1c(C(c2ccccc2)C2C(=O)O[C@](C)(c3ccccc3)C2=O)[nH]c2ccccc12. The van der Waals surface area contributed by atoms with E-state index in [4.69, 9.17) is 4.74 Å². The highest BCUT2D eigenvalue weighted by molar-refractivity contribution is 6.10. The van der Waals surface area contributed by atoms with Gasteiger partial charge in [-0.05, 0) is 31.0 Å². The summed E-state index contributed by atoms with van der Waals surface area (Å²) in [6.45, 7) is 3.73. The topological polar surface area (TPSA) is 59.2 Å². The highest BCUT2D eigenvalue weighted by Crippen LogP contribution is 2.45. The molecule has 1 aliphatic rings. The van der Waals surface area contributed by atoms with Gasteiger partial charge in [-0.15, -0.1) is 0 Å². The molecule has 0 bridgehead atoms. The summed E-state index contributed by atoms with van der Waals surface area (Å²) in [6, 6.07) is 27.0. The van der Waals surface area contributed by atoms with Crippen LogP contribution in [0.25, 0.3) is 10.9 Å². The van der Waals surface area contributed by atoms with Crippen LogP contribution in [0.2, 0.25) is 0 Å². The van der Waals surface area contributed by atoms with Crippen LogP contribution < -0.4 is 0 Å². The third-order valence-corrected chi connectivity index (χ3v) is 6.44. The Balaban J connectivity index is 1.68. The number of H-pyrrole nitrogens is 1. The van der Waals surface area contributed by atoms with Crippen molar-refractivity contribution in [1.29, 1.82) is 0 Å². The van der Waals surface area contributed by atoms with Gasteiger partial charge in [0.1, 0.15) is 5.92 Å². The minimum absolute atomic E-state index is 0.212. The molecule has 0 spiro atoms. The fraction of sp³-hybridized carbons (Fsp3) is 0.185. The molecule has 1 N–H and O–H groups in total. The first-order chi connectivity index (χ1) is 15.0. The number of aryl methyl sites for hydroxylation is 1. The first-order valence-corrected chi connectivity index (χ1v) is 10.5. The van der Waals surface area contributed by atoms with Crippen LogP contribution in [0.1, 0.15) is 35.2 Å². The first kappa shape index (κ1) is 19.3. The Kier molecular flexibility index (Phi) is 4.51. The summed E-state index contributed by atoms with van der Waals surface area (Å²) in [5.74, 6) is -2.09. The van der Waals surface area contributed by atoms with Crippen molar-refractivity contribution in [3.63, 3.8) is 0 Å². The molecular formula is C27H23NO3. The van der Waals surface area contributed by atoms with Crippen molar-refractivity contribution in [3.05, 3.63) is 107 Å². The third-order valence-electron chi connectivity index (χ3n) is 6.44. The van der Waals surface area contributed by atoms with E-state index in [2.05, 4.69) is 11.1 Å². The second-order valence-electron chi connectivity index (χ2n) is 8.26. The molecule has 1 fully saturated rings. The van der Waals surface area contributed by atoms with Gasteiger partial charge in [0.15, 0.2) is 11.4 Å². The monoisotopic (exact) mass is 409 g/mol. The Morgan fingerprint density at radius 2 is 1.48 bits per heavy atom. The van der Waals surface area contributed by atoms with E-state index >= 15 is 0 Å². The summed E-state index contributed by atoms with van der Waals surface area (Å²) in [5.41, 5.74) is 3.20. The number of para-hydroxylation sites is 1. The predicted molar refractivity (Wildman–Crippen MR) is 120 cm³/mol. The third kappa shape index (κ3) is 2.98. The average molecular weight is 409 g/mol. The van der Waals surface area contributed by atoms with Crippen molar-refractivity contribution in [3.8, 4) is 0 Å². The number of benzene rings is 3. The Labute approximate surface area is 180 Å². The van der Waals surface area contributed by atoms with Crippen molar-refractivity contribution in [2.45, 2.75) is 25.4 Å². The van der Waals surface area contributed by atoms with Crippen LogP contribution in [0, 0.1) is 12.8 Å². The predicted octanol–water partition coefficient (Wildman–Crippen LogP) is 5.27. The van der Waals surface area contributed by atoms with Crippen LogP contribution in [-0.4, -0.2) is 16.7 Å². The molecule has 3 atom stereocenters. The average Bonchev–Trinajstić information content (AvgIpc) is 3.25. The minimum atomic E-state index is -1.30. The summed E-state index contributed by atoms with van der Waals surface area (Å²) in [4.78, 5) is 30.5. The summed E-state index contributed by atoms with van der Waals surface area (Å²) in [6.07, 6.45) is 0. The molecule has 31 heavy (non-hydrogen) atoms. The van der Waals surface area contributed by atoms with E-state index < -0.39 is 23.4 Å². The smallest absolute Gasteiger partial charge is 0.319 e. The maximum atomic E-state index is 13.8. The van der Waals surface area contributed by atoms with E-state index in [0.717, 1.165) is 27.7 Å². The number of esters is 1. The highest BCUT2D eigenvalue weighted by Gasteiger charge is 2.56. The number of carbonyl (C=O) groups excluding carboxylic acids is 2. The molecule has 4 aromatic rings. The normalized spacial score (nSPS) is 21.9. The van der Waals surface area contributed by atoms with Gasteiger partial charge >= 0.3 is 5.97 Å². The highest BCUT2D eigenvalue weighted by atomic mass is 16.6. The molecule has 1 saturated heterocycles. The molecule has 4 nitrogen and oxygen atoms in total. The van der Waals surface area contributed by atoms with Crippen LogP contribution in [0.15, 0.2) is 84.9 Å². The fourth-order valence-electron chi connectivity index (χ4n) is 4.76. The van der Waals surface area contributed by atoms with E-state index in [1.807, 2.05) is 85.8 Å². The van der Waals surface area contributed by atoms with E-state index in [-0.39, 0.29) is 5.78 Å². The maximum absolute atomic E-state index is 13.8. The van der Waals surface area contributed by atoms with Gasteiger partial charge in [0.05, 0.1) is 0 Å². The lowest BCUT2D eigenvalue weighted by Crippen LogP contribution is -2.33. The van der Waals surface area contributed by atoms with Crippen LogP contribution in [0.4, 0.5) is 0 Å². The zero-order valence-electron chi connectivity index (χ0n) is 17.5. The molecule has 0 radical (unpaired) electrons. The van der Waals surface area contributed by atoms with Crippen molar-refractivity contribution >= 4 is 22.7 Å². The Hall–Kier alpha value is -3.66. The number of fused-ring (bicyclic) bond motifs is 1. The molecule has 5 rings (SSSR count). The number of hydrogen-bond acceptors (Lipinski definition) is 3. The molecule has 0 aliphatic carbocycles. The van der Waals surface area contributed by atoms with Crippen LogP contribution in [0.3, 0.4) is 0 Å². The number of cyclic esters (lactones) is 1. The molecule has 3 aromatic carbocycles. The maximum Gasteiger partial charge on any atom is 0.319 e. The lowest BCUT2D eigenvalue weighted by molar-refractivity contribution is -0.152. The molecule has 2 heterocycles. The van der Waals surface area contributed by atoms with Crippen molar-refractivity contribution < 1.29 is 14.3 Å². The number of hydrogen-bond donors (Lipinski definition) is 1. The molecule has 4 heteroatoms. The van der Waals surface area contributed by atoms with Crippen LogP contribution >= 0.6 is 0 Å². The summed E-state index contributed by atoms with van der Waals surface area (Å²) in [7, 11) is 0. The number of aromatic amines is 1. The van der Waals surface area contributed by atoms with E-state index in [9.17, 15) is 9.59 Å². The zero-order chi connectivity index (χ0) is 21.6. The van der Waals surface area contributed by atoms with Crippen molar-refractivity contribution in [2.75, 3.05) is 0 Å². The fourth-order valence-corrected chi connectivity index (χ4v) is 4.76. The minimum Gasteiger partial charge on any atom is -0.446 e. The van der Waals surface area contributed by atoms with Crippen LogP contribution in [0.5, 0.6) is 0 Å². The lowest BCUT2D eigenvalue weighted by atomic mass is 9.76. The summed E-state index contributed by atoms with van der Waals surface area (Å²) < 4.78 is 5.80. The van der Waals surface area contributed by atoms with Gasteiger partial charge in [0.2, 0.25) is 0 Å². The van der Waals surface area contributed by atoms with Gasteiger partial charge in [0.25, 0.3) is 0 Å². The largest absolute Gasteiger partial charge is 0.446 e. The molecular weight excluding hydrogens is 386 g/mol. The first-order valence-electron chi connectivity index (χ1n) is 10.5. The van der Waals surface area contributed by atoms with Crippen LogP contribution in [-0.2, 0) is 19.9 Å². The standard InChI is InChI=1S/C27H23NO3/c1-17-20-15-9-10-16-21(20)28-24(17)22(18-11-5-3-6-12-18)23-25(29)27(2,31-26(23)30)19-13-7-4-8-14-19/h3-16,22-23,28H,1-2H3/t22?,23?,27-/m1/s1. The van der Waals surface area contributed by atoms with E-state index in [0.29, 0.717) is 5.56 Å². The van der Waals surface area contributed by atoms with Gasteiger partial charge in [0, 0.05) is 28.1 Å². The number of Topliss-reactive ketones (excluding diaryl/α,β-unsaturated/α-hetero) is 1. The van der Waals surface area contributed by atoms with E-state index in [1.165, 1.54) is 0 Å². The number of rotatable bonds is 4. The molecule has 0 amide bonds. The number of ether oxygens (including phenoxy) is 1. The van der Waals surface area contributed by atoms with Gasteiger partial charge in [-0.1, -0.05) is 78.9 Å². The van der Waals surface area contributed by atoms with Crippen molar-refractivity contribution in [2.24, 2.45) is 5.92 Å². The summed E-state index contributed by atoms with van der Waals surface area (Å²) >= 11 is 0. The molecule has 1 aromatic heterocycles. The molecule has 2 unspecified atom stereocenters. The van der Waals surface area contributed by atoms with Gasteiger partial charge in [-0.25, -0.2) is 0 Å². The van der Waals surface area contributed by atoms with Crippen molar-refractivity contribution in [1.82, 2.24) is 4.98 Å². The summed E-state index contributed by atoms with van der Waals surface area (Å²) in [5, 5.41) is 1.09. The second kappa shape index (κ2) is 7.24. The Morgan fingerprint density at radius 3 is 2.16 bits per heavy atom. The van der Waals surface area contributed by atoms with Gasteiger partial charge < -0.3 is 9.72 Å². The molecule has 1 aliphatic heterocycles. The van der Waals surface area contributed by atoms with Gasteiger partial charge in [-0.2, -0.15) is 0 Å². The molecule has 0 saturated carbocycles. The second-order valence-corrected chi connectivity index (χ2v) is 8.26. The van der Waals surface area contributed by atoms with Gasteiger partial charge in [-0.3, -0.25) is 9.59 Å². The zero-order valence-corrected chi connectivity index (χ0v) is 17.5. The quantitative estimate of drug-likeness (QED) is 0.369.